The fourth-order valence-electron chi connectivity index (χ4n) is 4.09. The molecule has 0 N–H and O–H groups in total. The Morgan fingerprint density at radius 2 is 2.00 bits per heavy atom. The first-order valence-corrected chi connectivity index (χ1v) is 10.5. The first-order chi connectivity index (χ1) is 12.6. The van der Waals surface area contributed by atoms with Gasteiger partial charge in [-0.05, 0) is 38.8 Å². The highest BCUT2D eigenvalue weighted by Crippen LogP contribution is 2.29. The summed E-state index contributed by atoms with van der Waals surface area (Å²) in [6, 6.07) is 4.62. The van der Waals surface area contributed by atoms with E-state index in [1.54, 1.807) is 11.3 Å². The Balaban J connectivity index is 1.39. The van der Waals surface area contributed by atoms with Crippen molar-refractivity contribution in [3.05, 3.63) is 28.5 Å². The lowest BCUT2D eigenvalue weighted by Gasteiger charge is -2.40. The Labute approximate surface area is 159 Å². The maximum atomic E-state index is 12.7. The number of oxazole rings is 1. The number of carbonyl (C=O) groups is 1. The van der Waals surface area contributed by atoms with Crippen molar-refractivity contribution in [1.82, 2.24) is 14.8 Å². The van der Waals surface area contributed by atoms with Crippen LogP contribution in [0, 0.1) is 13.8 Å². The molecule has 6 heteroatoms. The summed E-state index contributed by atoms with van der Waals surface area (Å²) in [6.07, 6.45) is 6.21. The molecule has 2 aliphatic rings. The van der Waals surface area contributed by atoms with E-state index in [1.165, 1.54) is 37.0 Å². The van der Waals surface area contributed by atoms with Crippen LogP contribution in [0.2, 0.25) is 0 Å². The van der Waals surface area contributed by atoms with Crippen molar-refractivity contribution >= 4 is 17.2 Å². The molecule has 0 atom stereocenters. The van der Waals surface area contributed by atoms with Crippen molar-refractivity contribution < 1.29 is 9.21 Å². The van der Waals surface area contributed by atoms with Gasteiger partial charge >= 0.3 is 0 Å². The van der Waals surface area contributed by atoms with E-state index in [-0.39, 0.29) is 5.91 Å². The average Bonchev–Trinajstić information content (AvgIpc) is 3.22. The van der Waals surface area contributed by atoms with Crippen LogP contribution >= 0.6 is 11.3 Å². The molecule has 4 rings (SSSR count). The van der Waals surface area contributed by atoms with Crippen molar-refractivity contribution in [1.29, 1.82) is 0 Å². The van der Waals surface area contributed by atoms with Crippen LogP contribution in [0.1, 0.15) is 48.4 Å². The third kappa shape index (κ3) is 3.71. The summed E-state index contributed by atoms with van der Waals surface area (Å²) < 4.78 is 5.88. The Morgan fingerprint density at radius 1 is 1.19 bits per heavy atom. The van der Waals surface area contributed by atoms with Gasteiger partial charge in [-0.1, -0.05) is 19.3 Å². The molecule has 1 saturated heterocycles. The summed E-state index contributed by atoms with van der Waals surface area (Å²) in [6.45, 7) is 6.99. The van der Waals surface area contributed by atoms with Crippen LogP contribution in [0.3, 0.4) is 0 Å². The molecule has 1 aliphatic carbocycles. The molecule has 1 saturated carbocycles. The normalized spacial score (nSPS) is 20.1. The second kappa shape index (κ2) is 7.53. The molecule has 2 aromatic heterocycles. The number of thiophene rings is 1. The zero-order chi connectivity index (χ0) is 18.1. The molecule has 2 aromatic rings. The van der Waals surface area contributed by atoms with E-state index in [0.29, 0.717) is 25.0 Å². The van der Waals surface area contributed by atoms with Gasteiger partial charge in [0.2, 0.25) is 11.8 Å². The maximum Gasteiger partial charge on any atom is 0.237 e. The largest absolute Gasteiger partial charge is 0.440 e. The first-order valence-electron chi connectivity index (χ1n) is 9.65. The van der Waals surface area contributed by atoms with E-state index >= 15 is 0 Å². The number of nitrogens with zero attached hydrogens (tertiary/aromatic N) is 3. The lowest BCUT2D eigenvalue weighted by molar-refractivity contribution is -0.139. The van der Waals surface area contributed by atoms with Gasteiger partial charge in [0.1, 0.15) is 5.76 Å². The van der Waals surface area contributed by atoms with Crippen molar-refractivity contribution in [3.8, 4) is 10.8 Å². The van der Waals surface area contributed by atoms with E-state index < -0.39 is 0 Å². The molecule has 1 aliphatic heterocycles. The zero-order valence-corrected chi connectivity index (χ0v) is 16.5. The Morgan fingerprint density at radius 3 is 2.69 bits per heavy atom. The molecule has 0 aromatic carbocycles. The smallest absolute Gasteiger partial charge is 0.237 e. The molecule has 0 radical (unpaired) electrons. The van der Waals surface area contributed by atoms with Gasteiger partial charge in [0.15, 0.2) is 0 Å². The molecule has 0 unspecified atom stereocenters. The highest BCUT2D eigenvalue weighted by Gasteiger charge is 2.31. The Kier molecular flexibility index (Phi) is 5.14. The van der Waals surface area contributed by atoms with Gasteiger partial charge in [-0.25, -0.2) is 4.98 Å². The Hall–Kier alpha value is -1.66. The molecular formula is C20H27N3O2S. The van der Waals surface area contributed by atoms with E-state index in [2.05, 4.69) is 28.9 Å². The lowest BCUT2D eigenvalue weighted by atomic mass is 9.93. The monoisotopic (exact) mass is 373 g/mol. The SMILES string of the molecule is Cc1ccc(-c2nc(CN3CCN(C4CCCCC4)C(=O)C3)c(C)o2)s1. The summed E-state index contributed by atoms with van der Waals surface area (Å²) in [5.74, 6) is 1.83. The minimum Gasteiger partial charge on any atom is -0.440 e. The fraction of sp³-hybridized carbons (Fsp3) is 0.600. The minimum absolute atomic E-state index is 0.276. The number of amides is 1. The van der Waals surface area contributed by atoms with E-state index in [4.69, 9.17) is 9.40 Å². The van der Waals surface area contributed by atoms with E-state index in [9.17, 15) is 4.79 Å². The third-order valence-corrected chi connectivity index (χ3v) is 6.56. The van der Waals surface area contributed by atoms with Gasteiger partial charge in [-0.3, -0.25) is 9.69 Å². The summed E-state index contributed by atoms with van der Waals surface area (Å²) in [4.78, 5) is 24.0. The number of aromatic nitrogens is 1. The minimum atomic E-state index is 0.276. The molecule has 0 bridgehead atoms. The van der Waals surface area contributed by atoms with Crippen molar-refractivity contribution in [2.75, 3.05) is 19.6 Å². The van der Waals surface area contributed by atoms with Gasteiger partial charge < -0.3 is 9.32 Å². The number of piperazine rings is 1. The van der Waals surface area contributed by atoms with Gasteiger partial charge in [-0.15, -0.1) is 11.3 Å². The highest BCUT2D eigenvalue weighted by molar-refractivity contribution is 7.15. The van der Waals surface area contributed by atoms with Gasteiger partial charge in [0.05, 0.1) is 17.1 Å². The summed E-state index contributed by atoms with van der Waals surface area (Å²) >= 11 is 1.69. The van der Waals surface area contributed by atoms with Crippen LogP contribution < -0.4 is 0 Å². The average molecular weight is 374 g/mol. The standard InChI is InChI=1S/C20H27N3O2S/c1-14-8-9-18(26-14)20-21-17(15(2)25-20)12-22-10-11-23(19(24)13-22)16-6-4-3-5-7-16/h8-9,16H,3-7,10-13H2,1-2H3. The maximum absolute atomic E-state index is 12.7. The number of rotatable bonds is 4. The molecule has 3 heterocycles. The van der Waals surface area contributed by atoms with Crippen molar-refractivity contribution in [3.63, 3.8) is 0 Å². The number of carbonyl (C=O) groups excluding carboxylic acids is 1. The summed E-state index contributed by atoms with van der Waals surface area (Å²) in [5, 5.41) is 0. The second-order valence-corrected chi connectivity index (χ2v) is 8.81. The van der Waals surface area contributed by atoms with Crippen LogP contribution in [0.4, 0.5) is 0 Å². The van der Waals surface area contributed by atoms with Crippen molar-refractivity contribution in [2.24, 2.45) is 0 Å². The van der Waals surface area contributed by atoms with Crippen LogP contribution in [0.15, 0.2) is 16.5 Å². The number of hydrogen-bond donors (Lipinski definition) is 0. The molecule has 2 fully saturated rings. The topological polar surface area (TPSA) is 49.6 Å². The molecule has 1 amide bonds. The molecule has 0 spiro atoms. The van der Waals surface area contributed by atoms with Crippen LogP contribution in [-0.4, -0.2) is 46.4 Å². The summed E-state index contributed by atoms with van der Waals surface area (Å²) in [7, 11) is 0. The van der Waals surface area contributed by atoms with E-state index in [0.717, 1.165) is 29.4 Å². The molecule has 26 heavy (non-hydrogen) atoms. The van der Waals surface area contributed by atoms with E-state index in [1.807, 2.05) is 6.92 Å². The Bertz CT molecular complexity index is 776. The van der Waals surface area contributed by atoms with Gasteiger partial charge in [0.25, 0.3) is 0 Å². The van der Waals surface area contributed by atoms with Crippen LogP contribution in [0.5, 0.6) is 0 Å². The van der Waals surface area contributed by atoms with Crippen LogP contribution in [0.25, 0.3) is 10.8 Å². The number of hydrogen-bond acceptors (Lipinski definition) is 5. The highest BCUT2D eigenvalue weighted by atomic mass is 32.1. The second-order valence-electron chi connectivity index (χ2n) is 7.52. The third-order valence-electron chi connectivity index (χ3n) is 5.57. The van der Waals surface area contributed by atoms with Crippen LogP contribution in [-0.2, 0) is 11.3 Å². The zero-order valence-electron chi connectivity index (χ0n) is 15.7. The van der Waals surface area contributed by atoms with Gasteiger partial charge in [0, 0.05) is 30.6 Å². The lowest BCUT2D eigenvalue weighted by Crippen LogP contribution is -2.54. The van der Waals surface area contributed by atoms with Gasteiger partial charge in [-0.2, -0.15) is 0 Å². The number of aryl methyl sites for hydroxylation is 2. The molecular weight excluding hydrogens is 346 g/mol. The summed E-state index contributed by atoms with van der Waals surface area (Å²) in [5.41, 5.74) is 0.949. The first kappa shape index (κ1) is 17.7. The quantitative estimate of drug-likeness (QED) is 0.813. The van der Waals surface area contributed by atoms with Crippen molar-refractivity contribution in [2.45, 2.75) is 58.5 Å². The predicted molar refractivity (Wildman–Crippen MR) is 103 cm³/mol. The molecule has 5 nitrogen and oxygen atoms in total. The fourth-order valence-corrected chi connectivity index (χ4v) is 4.88. The molecule has 140 valence electrons. The predicted octanol–water partition coefficient (Wildman–Crippen LogP) is 4.00.